The molecule has 23 heavy (non-hydrogen) atoms. The van der Waals surface area contributed by atoms with Gasteiger partial charge in [0.05, 0.1) is 7.11 Å². The van der Waals surface area contributed by atoms with E-state index in [-0.39, 0.29) is 17.8 Å². The number of ketones is 1. The van der Waals surface area contributed by atoms with Gasteiger partial charge >= 0.3 is 6.09 Å². The van der Waals surface area contributed by atoms with E-state index < -0.39 is 5.60 Å². The Morgan fingerprint density at radius 2 is 1.91 bits per heavy atom. The smallest absolute Gasteiger partial charge is 0.410 e. The summed E-state index contributed by atoms with van der Waals surface area (Å²) in [5, 5.41) is 0. The van der Waals surface area contributed by atoms with E-state index in [1.54, 1.807) is 12.0 Å². The van der Waals surface area contributed by atoms with Gasteiger partial charge in [-0.2, -0.15) is 0 Å². The first-order valence-electron chi connectivity index (χ1n) is 7.92. The summed E-state index contributed by atoms with van der Waals surface area (Å²) in [5.41, 5.74) is 0.541. The van der Waals surface area contributed by atoms with Crippen LogP contribution in [0.5, 0.6) is 5.75 Å². The maximum absolute atomic E-state index is 12.2. The van der Waals surface area contributed by atoms with Crippen LogP contribution in [0.2, 0.25) is 0 Å². The maximum atomic E-state index is 12.2. The normalized spacial score (nSPS) is 18.7. The fraction of sp³-hybridized carbons (Fsp3) is 0.556. The number of nitrogens with zero attached hydrogens (tertiary/aromatic N) is 1. The van der Waals surface area contributed by atoms with E-state index in [0.29, 0.717) is 25.9 Å². The van der Waals surface area contributed by atoms with Gasteiger partial charge in [-0.1, -0.05) is 12.1 Å². The van der Waals surface area contributed by atoms with Crippen molar-refractivity contribution in [1.29, 1.82) is 0 Å². The van der Waals surface area contributed by atoms with Crippen molar-refractivity contribution in [3.63, 3.8) is 0 Å². The first-order chi connectivity index (χ1) is 10.8. The lowest BCUT2D eigenvalue weighted by atomic mass is 9.90. The number of likely N-dealkylation sites (tertiary alicyclic amines) is 1. The van der Waals surface area contributed by atoms with E-state index in [1.807, 2.05) is 45.0 Å². The molecule has 126 valence electrons. The van der Waals surface area contributed by atoms with Crippen LogP contribution in [0.4, 0.5) is 4.79 Å². The molecule has 0 saturated carbocycles. The number of rotatable bonds is 3. The van der Waals surface area contributed by atoms with Crippen LogP contribution in [0.15, 0.2) is 24.3 Å². The van der Waals surface area contributed by atoms with Crippen molar-refractivity contribution >= 4 is 11.9 Å². The zero-order valence-corrected chi connectivity index (χ0v) is 14.3. The van der Waals surface area contributed by atoms with E-state index in [2.05, 4.69) is 0 Å². The molecule has 1 aliphatic rings. The molecule has 2 rings (SSSR count). The maximum Gasteiger partial charge on any atom is 0.410 e. The number of hydrogen-bond donors (Lipinski definition) is 0. The first kappa shape index (κ1) is 17.3. The Labute approximate surface area is 137 Å². The van der Waals surface area contributed by atoms with Gasteiger partial charge in [-0.3, -0.25) is 4.79 Å². The fourth-order valence-electron chi connectivity index (χ4n) is 2.63. The predicted molar refractivity (Wildman–Crippen MR) is 87.6 cm³/mol. The molecule has 1 aromatic carbocycles. The van der Waals surface area contributed by atoms with E-state index >= 15 is 0 Å². The standard InChI is InChI=1S/C18H25NO4/c1-18(2,3)23-17(21)19-10-9-16(20)14(12-19)11-13-5-7-15(22-4)8-6-13/h5-8,14H,9-12H2,1-4H3/t14-/m0/s1. The SMILES string of the molecule is COc1ccc(C[C@H]2CN(C(=O)OC(C)(C)C)CCC2=O)cc1. The number of methoxy groups -OCH3 is 1. The number of carbonyl (C=O) groups excluding carboxylic acids is 2. The van der Waals surface area contributed by atoms with Crippen LogP contribution in [0.25, 0.3) is 0 Å². The molecule has 0 radical (unpaired) electrons. The highest BCUT2D eigenvalue weighted by Crippen LogP contribution is 2.21. The Morgan fingerprint density at radius 3 is 2.48 bits per heavy atom. The highest BCUT2D eigenvalue weighted by atomic mass is 16.6. The minimum atomic E-state index is -0.524. The van der Waals surface area contributed by atoms with E-state index in [0.717, 1.165) is 11.3 Å². The summed E-state index contributed by atoms with van der Waals surface area (Å²) in [7, 11) is 1.62. The second kappa shape index (κ2) is 7.02. The molecule has 1 aliphatic heterocycles. The van der Waals surface area contributed by atoms with Crippen molar-refractivity contribution in [3.05, 3.63) is 29.8 Å². The first-order valence-corrected chi connectivity index (χ1v) is 7.92. The summed E-state index contributed by atoms with van der Waals surface area (Å²) in [5.74, 6) is 0.824. The average Bonchev–Trinajstić information content (AvgIpc) is 2.48. The molecule has 5 heteroatoms. The molecule has 0 spiro atoms. The zero-order valence-electron chi connectivity index (χ0n) is 14.3. The monoisotopic (exact) mass is 319 g/mol. The van der Waals surface area contributed by atoms with Crippen LogP contribution in [-0.4, -0.2) is 42.6 Å². The van der Waals surface area contributed by atoms with Crippen LogP contribution in [0, 0.1) is 5.92 Å². The second-order valence-electron chi connectivity index (χ2n) is 6.89. The summed E-state index contributed by atoms with van der Waals surface area (Å²) in [6, 6.07) is 7.68. The molecule has 5 nitrogen and oxygen atoms in total. The third-order valence-electron chi connectivity index (χ3n) is 3.82. The lowest BCUT2D eigenvalue weighted by Gasteiger charge is -2.33. The van der Waals surface area contributed by atoms with Gasteiger partial charge in [0.2, 0.25) is 0 Å². The minimum Gasteiger partial charge on any atom is -0.497 e. The zero-order chi connectivity index (χ0) is 17.0. The Hall–Kier alpha value is -2.04. The quantitative estimate of drug-likeness (QED) is 0.859. The topological polar surface area (TPSA) is 55.8 Å². The lowest BCUT2D eigenvalue weighted by molar-refractivity contribution is -0.125. The lowest BCUT2D eigenvalue weighted by Crippen LogP contribution is -2.46. The van der Waals surface area contributed by atoms with Gasteiger partial charge in [-0.25, -0.2) is 4.79 Å². The third kappa shape index (κ3) is 4.98. The molecule has 1 saturated heterocycles. The van der Waals surface area contributed by atoms with Crippen LogP contribution >= 0.6 is 0 Å². The summed E-state index contributed by atoms with van der Waals surface area (Å²) < 4.78 is 10.5. The summed E-state index contributed by atoms with van der Waals surface area (Å²) in [4.78, 5) is 26.0. The molecule has 0 aromatic heterocycles. The van der Waals surface area contributed by atoms with Gasteiger partial charge < -0.3 is 14.4 Å². The van der Waals surface area contributed by atoms with Gasteiger partial charge in [-0.15, -0.1) is 0 Å². The van der Waals surface area contributed by atoms with Crippen LogP contribution in [0.3, 0.4) is 0 Å². The van der Waals surface area contributed by atoms with E-state index in [1.165, 1.54) is 0 Å². The molecular formula is C18H25NO4. The Balaban J connectivity index is 2.00. The molecule has 1 heterocycles. The van der Waals surface area contributed by atoms with Crippen LogP contribution in [-0.2, 0) is 16.0 Å². The summed E-state index contributed by atoms with van der Waals surface area (Å²) in [6.07, 6.45) is 0.673. The molecule has 0 unspecified atom stereocenters. The molecule has 1 aromatic rings. The highest BCUT2D eigenvalue weighted by Gasteiger charge is 2.32. The van der Waals surface area contributed by atoms with Crippen molar-refractivity contribution in [2.45, 2.75) is 39.2 Å². The molecule has 1 fully saturated rings. The summed E-state index contributed by atoms with van der Waals surface area (Å²) in [6.45, 7) is 6.38. The minimum absolute atomic E-state index is 0.176. The number of ether oxygens (including phenoxy) is 2. The van der Waals surface area contributed by atoms with Gasteiger partial charge in [0.15, 0.2) is 0 Å². The van der Waals surface area contributed by atoms with Crippen molar-refractivity contribution in [2.24, 2.45) is 5.92 Å². The number of amides is 1. The van der Waals surface area contributed by atoms with Gasteiger partial charge in [0.1, 0.15) is 17.1 Å². The van der Waals surface area contributed by atoms with Gasteiger partial charge in [-0.05, 0) is 44.9 Å². The Morgan fingerprint density at radius 1 is 1.26 bits per heavy atom. The number of hydrogen-bond acceptors (Lipinski definition) is 4. The van der Waals surface area contributed by atoms with E-state index in [4.69, 9.17) is 9.47 Å². The van der Waals surface area contributed by atoms with Crippen LogP contribution in [0.1, 0.15) is 32.8 Å². The van der Waals surface area contributed by atoms with Crippen molar-refractivity contribution < 1.29 is 19.1 Å². The average molecular weight is 319 g/mol. The van der Waals surface area contributed by atoms with Crippen LogP contribution < -0.4 is 4.74 Å². The molecule has 0 bridgehead atoms. The highest BCUT2D eigenvalue weighted by molar-refractivity contribution is 5.84. The fourth-order valence-corrected chi connectivity index (χ4v) is 2.63. The number of piperidine rings is 1. The van der Waals surface area contributed by atoms with E-state index in [9.17, 15) is 9.59 Å². The summed E-state index contributed by atoms with van der Waals surface area (Å²) >= 11 is 0. The largest absolute Gasteiger partial charge is 0.497 e. The van der Waals surface area contributed by atoms with Gasteiger partial charge in [0.25, 0.3) is 0 Å². The van der Waals surface area contributed by atoms with Gasteiger partial charge in [0, 0.05) is 25.4 Å². The molecule has 0 aliphatic carbocycles. The van der Waals surface area contributed by atoms with Crippen molar-refractivity contribution in [3.8, 4) is 5.75 Å². The molecule has 0 N–H and O–H groups in total. The third-order valence-corrected chi connectivity index (χ3v) is 3.82. The second-order valence-corrected chi connectivity index (χ2v) is 6.89. The molecule has 1 amide bonds. The molecule has 1 atom stereocenters. The van der Waals surface area contributed by atoms with Crippen molar-refractivity contribution in [1.82, 2.24) is 4.90 Å². The number of Topliss-reactive ketones (excluding diaryl/α,β-unsaturated/α-hetero) is 1. The Bertz CT molecular complexity index is 559. The Kier molecular flexibility index (Phi) is 5.29. The number of carbonyl (C=O) groups is 2. The predicted octanol–water partition coefficient (Wildman–Crippen LogP) is 3.06. The number of benzene rings is 1. The van der Waals surface area contributed by atoms with Crippen molar-refractivity contribution in [2.75, 3.05) is 20.2 Å². The molecular weight excluding hydrogens is 294 g/mol.